The fourth-order valence-corrected chi connectivity index (χ4v) is 3.76. The molecule has 0 unspecified atom stereocenters. The molecule has 2 aromatic rings. The highest BCUT2D eigenvalue weighted by Gasteiger charge is 2.16. The highest BCUT2D eigenvalue weighted by molar-refractivity contribution is 9.10. The molecule has 4 nitrogen and oxygen atoms in total. The predicted octanol–water partition coefficient (Wildman–Crippen LogP) is 3.56. The first-order chi connectivity index (χ1) is 10.4. The second kappa shape index (κ2) is 7.07. The molecule has 0 aliphatic rings. The van der Waals surface area contributed by atoms with Gasteiger partial charge in [-0.15, -0.1) is 0 Å². The predicted molar refractivity (Wildman–Crippen MR) is 90.6 cm³/mol. The molecule has 0 aromatic heterocycles. The van der Waals surface area contributed by atoms with E-state index in [-0.39, 0.29) is 23.0 Å². The summed E-state index contributed by atoms with van der Waals surface area (Å²) in [4.78, 5) is 12.2. The molecule has 116 valence electrons. The Kier molecular flexibility index (Phi) is 5.37. The number of amides is 1. The molecule has 22 heavy (non-hydrogen) atoms. The van der Waals surface area contributed by atoms with Gasteiger partial charge in [-0.05, 0) is 52.7 Å². The standard InChI is InChI=1S/C16H16BrNO3S/c1-12-7-8-15(14(17)11-12)18-16(19)9-10-22(20,21)13-5-3-2-4-6-13/h2-8,11H,9-10H2,1H3,(H,18,19). The van der Waals surface area contributed by atoms with Gasteiger partial charge in [0.15, 0.2) is 9.84 Å². The molecular formula is C16H16BrNO3S. The molecule has 1 amide bonds. The summed E-state index contributed by atoms with van der Waals surface area (Å²) in [6, 6.07) is 13.7. The van der Waals surface area contributed by atoms with Crippen LogP contribution in [0.2, 0.25) is 0 Å². The lowest BCUT2D eigenvalue weighted by Crippen LogP contribution is -2.17. The molecule has 0 saturated heterocycles. The van der Waals surface area contributed by atoms with Gasteiger partial charge in [0.25, 0.3) is 0 Å². The van der Waals surface area contributed by atoms with E-state index in [2.05, 4.69) is 21.2 Å². The van der Waals surface area contributed by atoms with Gasteiger partial charge in [-0.2, -0.15) is 0 Å². The molecule has 0 atom stereocenters. The summed E-state index contributed by atoms with van der Waals surface area (Å²) in [6.45, 7) is 1.95. The third-order valence-electron chi connectivity index (χ3n) is 3.10. The quantitative estimate of drug-likeness (QED) is 0.860. The Morgan fingerprint density at radius 3 is 2.45 bits per heavy atom. The van der Waals surface area contributed by atoms with Crippen LogP contribution in [0.15, 0.2) is 57.9 Å². The molecule has 0 saturated carbocycles. The van der Waals surface area contributed by atoms with E-state index in [1.807, 2.05) is 19.1 Å². The van der Waals surface area contributed by atoms with Crippen molar-refractivity contribution in [2.45, 2.75) is 18.2 Å². The molecule has 2 aromatic carbocycles. The van der Waals surface area contributed by atoms with Gasteiger partial charge in [0.2, 0.25) is 5.91 Å². The number of carbonyl (C=O) groups is 1. The second-order valence-electron chi connectivity index (χ2n) is 4.91. The molecule has 2 rings (SSSR count). The maximum absolute atomic E-state index is 12.1. The largest absolute Gasteiger partial charge is 0.325 e. The van der Waals surface area contributed by atoms with Crippen molar-refractivity contribution in [2.75, 3.05) is 11.1 Å². The van der Waals surface area contributed by atoms with Crippen LogP contribution >= 0.6 is 15.9 Å². The third kappa shape index (κ3) is 4.42. The summed E-state index contributed by atoms with van der Waals surface area (Å²) in [5.41, 5.74) is 1.70. The second-order valence-corrected chi connectivity index (χ2v) is 7.88. The van der Waals surface area contributed by atoms with Crippen molar-refractivity contribution in [3.05, 3.63) is 58.6 Å². The summed E-state index contributed by atoms with van der Waals surface area (Å²) in [5.74, 6) is -0.546. The van der Waals surface area contributed by atoms with Crippen LogP contribution in [-0.2, 0) is 14.6 Å². The molecule has 0 heterocycles. The first-order valence-electron chi connectivity index (χ1n) is 6.72. The van der Waals surface area contributed by atoms with Crippen molar-refractivity contribution in [1.29, 1.82) is 0 Å². The summed E-state index contributed by atoms with van der Waals surface area (Å²) in [5, 5.41) is 2.71. The number of benzene rings is 2. The van der Waals surface area contributed by atoms with E-state index in [0.717, 1.165) is 10.0 Å². The SMILES string of the molecule is Cc1ccc(NC(=O)CCS(=O)(=O)c2ccccc2)c(Br)c1. The molecule has 0 spiro atoms. The Hall–Kier alpha value is -1.66. The highest BCUT2D eigenvalue weighted by Crippen LogP contribution is 2.23. The molecular weight excluding hydrogens is 366 g/mol. The first-order valence-corrected chi connectivity index (χ1v) is 9.17. The lowest BCUT2D eigenvalue weighted by molar-refractivity contribution is -0.115. The number of sulfone groups is 1. The van der Waals surface area contributed by atoms with Crippen LogP contribution < -0.4 is 5.32 Å². The fourth-order valence-electron chi connectivity index (χ4n) is 1.91. The molecule has 0 aliphatic heterocycles. The molecule has 6 heteroatoms. The zero-order valence-electron chi connectivity index (χ0n) is 12.0. The number of halogens is 1. The minimum Gasteiger partial charge on any atom is -0.325 e. The first kappa shape index (κ1) is 16.7. The van der Waals surface area contributed by atoms with Crippen molar-refractivity contribution in [3.8, 4) is 0 Å². The maximum atomic E-state index is 12.1. The maximum Gasteiger partial charge on any atom is 0.225 e. The van der Waals surface area contributed by atoms with Gasteiger partial charge in [0.05, 0.1) is 16.3 Å². The van der Waals surface area contributed by atoms with Crippen LogP contribution in [0, 0.1) is 6.92 Å². The van der Waals surface area contributed by atoms with E-state index in [0.29, 0.717) is 5.69 Å². The van der Waals surface area contributed by atoms with Crippen LogP contribution in [0.25, 0.3) is 0 Å². The van der Waals surface area contributed by atoms with Crippen molar-refractivity contribution < 1.29 is 13.2 Å². The molecule has 0 radical (unpaired) electrons. The van der Waals surface area contributed by atoms with Crippen molar-refractivity contribution in [1.82, 2.24) is 0 Å². The van der Waals surface area contributed by atoms with Gasteiger partial charge in [-0.25, -0.2) is 8.42 Å². The zero-order valence-corrected chi connectivity index (χ0v) is 14.4. The van der Waals surface area contributed by atoms with Crippen molar-refractivity contribution >= 4 is 37.4 Å². The number of nitrogens with one attached hydrogen (secondary N) is 1. The number of rotatable bonds is 5. The smallest absolute Gasteiger partial charge is 0.225 e. The van der Waals surface area contributed by atoms with E-state index in [1.54, 1.807) is 24.3 Å². The fraction of sp³-hybridized carbons (Fsp3) is 0.188. The highest BCUT2D eigenvalue weighted by atomic mass is 79.9. The van der Waals surface area contributed by atoms with Crippen LogP contribution in [0.3, 0.4) is 0 Å². The average Bonchev–Trinajstić information content (AvgIpc) is 2.49. The summed E-state index contributed by atoms with van der Waals surface area (Å²) in [7, 11) is -3.44. The minimum atomic E-state index is -3.44. The van der Waals surface area contributed by atoms with Gasteiger partial charge in [0.1, 0.15) is 0 Å². The Morgan fingerprint density at radius 1 is 1.14 bits per heavy atom. The number of carbonyl (C=O) groups excluding carboxylic acids is 1. The third-order valence-corrected chi connectivity index (χ3v) is 5.49. The Balaban J connectivity index is 1.98. The van der Waals surface area contributed by atoms with E-state index < -0.39 is 9.84 Å². The van der Waals surface area contributed by atoms with E-state index >= 15 is 0 Å². The van der Waals surface area contributed by atoms with E-state index in [9.17, 15) is 13.2 Å². The molecule has 0 aliphatic carbocycles. The summed E-state index contributed by atoms with van der Waals surface area (Å²) >= 11 is 3.37. The topological polar surface area (TPSA) is 63.2 Å². The summed E-state index contributed by atoms with van der Waals surface area (Å²) < 4.78 is 25.0. The Bertz CT molecular complexity index is 773. The van der Waals surface area contributed by atoms with E-state index in [4.69, 9.17) is 0 Å². The van der Waals surface area contributed by atoms with Gasteiger partial charge < -0.3 is 5.32 Å². The number of hydrogen-bond donors (Lipinski definition) is 1. The summed E-state index contributed by atoms with van der Waals surface area (Å²) in [6.07, 6.45) is -0.0858. The zero-order chi connectivity index (χ0) is 16.2. The normalized spacial score (nSPS) is 11.2. The van der Waals surface area contributed by atoms with Crippen LogP contribution in [-0.4, -0.2) is 20.1 Å². The Labute approximate surface area is 138 Å². The van der Waals surface area contributed by atoms with Crippen LogP contribution in [0.5, 0.6) is 0 Å². The molecule has 0 fully saturated rings. The van der Waals surface area contributed by atoms with Gasteiger partial charge in [-0.3, -0.25) is 4.79 Å². The van der Waals surface area contributed by atoms with Crippen LogP contribution in [0.4, 0.5) is 5.69 Å². The Morgan fingerprint density at radius 2 is 1.82 bits per heavy atom. The van der Waals surface area contributed by atoms with Crippen molar-refractivity contribution in [2.24, 2.45) is 0 Å². The van der Waals surface area contributed by atoms with Crippen molar-refractivity contribution in [3.63, 3.8) is 0 Å². The van der Waals surface area contributed by atoms with Gasteiger partial charge in [0, 0.05) is 10.9 Å². The van der Waals surface area contributed by atoms with Gasteiger partial charge in [-0.1, -0.05) is 24.3 Å². The van der Waals surface area contributed by atoms with E-state index in [1.165, 1.54) is 12.1 Å². The monoisotopic (exact) mass is 381 g/mol. The lowest BCUT2D eigenvalue weighted by atomic mass is 10.2. The average molecular weight is 382 g/mol. The van der Waals surface area contributed by atoms with Crippen LogP contribution in [0.1, 0.15) is 12.0 Å². The number of hydrogen-bond acceptors (Lipinski definition) is 3. The molecule has 0 bridgehead atoms. The number of anilines is 1. The molecule has 1 N–H and O–H groups in total. The van der Waals surface area contributed by atoms with Gasteiger partial charge >= 0.3 is 0 Å². The minimum absolute atomic E-state index is 0.0858. The lowest BCUT2D eigenvalue weighted by Gasteiger charge is -2.08. The number of aryl methyl sites for hydroxylation is 1.